The number of hydrogen-bond acceptors (Lipinski definition) is 3. The van der Waals surface area contributed by atoms with E-state index in [-0.39, 0.29) is 18.0 Å². The van der Waals surface area contributed by atoms with Crippen LogP contribution < -0.4 is 5.32 Å². The summed E-state index contributed by atoms with van der Waals surface area (Å²) >= 11 is 0. The van der Waals surface area contributed by atoms with Crippen LogP contribution in [0.5, 0.6) is 0 Å². The maximum absolute atomic E-state index is 12.9. The fourth-order valence-corrected chi connectivity index (χ4v) is 3.31. The molecule has 1 fully saturated rings. The summed E-state index contributed by atoms with van der Waals surface area (Å²) in [6.45, 7) is 7.86. The second kappa shape index (κ2) is 7.83. The zero-order valence-electron chi connectivity index (χ0n) is 15.4. The first-order valence-electron chi connectivity index (χ1n) is 9.17. The van der Waals surface area contributed by atoms with E-state index in [0.29, 0.717) is 12.6 Å². The minimum atomic E-state index is -0.116. The van der Waals surface area contributed by atoms with Gasteiger partial charge in [0.05, 0.1) is 12.2 Å². The Morgan fingerprint density at radius 2 is 2.00 bits per heavy atom. The highest BCUT2D eigenvalue weighted by Gasteiger charge is 2.29. The molecule has 1 N–H and O–H groups in total. The molecule has 0 unspecified atom stereocenters. The first-order chi connectivity index (χ1) is 12.0. The predicted molar refractivity (Wildman–Crippen MR) is 99.0 cm³/mol. The Morgan fingerprint density at radius 1 is 1.24 bits per heavy atom. The Balaban J connectivity index is 1.62. The molecule has 1 saturated heterocycles. The molecule has 5 heteroatoms. The van der Waals surface area contributed by atoms with Gasteiger partial charge in [-0.15, -0.1) is 0 Å². The second-order valence-corrected chi connectivity index (χ2v) is 7.18. The lowest BCUT2D eigenvalue weighted by Gasteiger charge is -2.34. The summed E-state index contributed by atoms with van der Waals surface area (Å²) in [6.07, 6.45) is 5.89. The van der Waals surface area contributed by atoms with E-state index in [1.165, 1.54) is 5.56 Å². The van der Waals surface area contributed by atoms with Crippen molar-refractivity contribution in [1.29, 1.82) is 0 Å². The summed E-state index contributed by atoms with van der Waals surface area (Å²) in [5, 5.41) is 7.91. The average Bonchev–Trinajstić information content (AvgIpc) is 3.10. The van der Waals surface area contributed by atoms with Crippen LogP contribution in [-0.4, -0.2) is 33.2 Å². The first-order valence-corrected chi connectivity index (χ1v) is 9.17. The van der Waals surface area contributed by atoms with Crippen molar-refractivity contribution in [3.05, 3.63) is 53.9 Å². The monoisotopic (exact) mass is 340 g/mol. The van der Waals surface area contributed by atoms with Crippen LogP contribution in [0.25, 0.3) is 0 Å². The van der Waals surface area contributed by atoms with Crippen molar-refractivity contribution in [3.63, 3.8) is 0 Å². The van der Waals surface area contributed by atoms with Crippen LogP contribution in [-0.2, 0) is 11.3 Å². The second-order valence-electron chi connectivity index (χ2n) is 7.18. The van der Waals surface area contributed by atoms with E-state index >= 15 is 0 Å². The molecule has 1 aliphatic heterocycles. The molecule has 0 spiro atoms. The fourth-order valence-electron chi connectivity index (χ4n) is 3.31. The van der Waals surface area contributed by atoms with Crippen LogP contribution in [0.3, 0.4) is 0 Å². The van der Waals surface area contributed by atoms with Crippen molar-refractivity contribution in [2.45, 2.75) is 58.3 Å². The smallest absolute Gasteiger partial charge is 0.240 e. The highest BCUT2D eigenvalue weighted by molar-refractivity contribution is 5.82. The quantitative estimate of drug-likeness (QED) is 0.878. The predicted octanol–water partition coefficient (Wildman–Crippen LogP) is 3.31. The van der Waals surface area contributed by atoms with Crippen molar-refractivity contribution in [3.8, 4) is 0 Å². The number of nitrogens with zero attached hydrogens (tertiary/aromatic N) is 3. The molecule has 1 aliphatic rings. The van der Waals surface area contributed by atoms with Crippen molar-refractivity contribution < 1.29 is 4.79 Å². The van der Waals surface area contributed by atoms with Gasteiger partial charge in [-0.25, -0.2) is 0 Å². The van der Waals surface area contributed by atoms with Crippen LogP contribution in [0.2, 0.25) is 0 Å². The number of benzene rings is 1. The number of likely N-dealkylation sites (tertiary alicyclic amines) is 1. The molecule has 0 saturated carbocycles. The lowest BCUT2D eigenvalue weighted by atomic mass is 10.0. The zero-order valence-corrected chi connectivity index (χ0v) is 15.4. The molecule has 134 valence electrons. The molecule has 0 radical (unpaired) electrons. The number of hydrogen-bond donors (Lipinski definition) is 1. The Kier molecular flexibility index (Phi) is 5.53. The molecule has 0 aliphatic carbocycles. The lowest BCUT2D eigenvalue weighted by molar-refractivity contribution is -0.136. The van der Waals surface area contributed by atoms with Gasteiger partial charge in [0, 0.05) is 36.9 Å². The van der Waals surface area contributed by atoms with Gasteiger partial charge in [0.25, 0.3) is 0 Å². The normalized spacial score (nSPS) is 19.4. The first kappa shape index (κ1) is 17.7. The minimum absolute atomic E-state index is 0.109. The van der Waals surface area contributed by atoms with E-state index in [4.69, 9.17) is 0 Å². The summed E-state index contributed by atoms with van der Waals surface area (Å²) < 4.78 is 1.96. The number of rotatable bonds is 6. The van der Waals surface area contributed by atoms with Crippen LogP contribution >= 0.6 is 0 Å². The SMILES string of the molecule is CC(C)n1cc([C@@H](C)N[C@@H]2CCCN(Cc3ccccc3)C2=O)cn1. The van der Waals surface area contributed by atoms with Gasteiger partial charge in [0.2, 0.25) is 5.91 Å². The summed E-state index contributed by atoms with van der Waals surface area (Å²) in [6, 6.07) is 10.5. The maximum atomic E-state index is 12.9. The number of carbonyl (C=O) groups is 1. The molecule has 5 nitrogen and oxygen atoms in total. The Labute approximate surface area is 150 Å². The van der Waals surface area contributed by atoms with Crippen molar-refractivity contribution in [2.75, 3.05) is 6.54 Å². The topological polar surface area (TPSA) is 50.2 Å². The Bertz CT molecular complexity index is 695. The number of piperidine rings is 1. The molecule has 1 aromatic heterocycles. The average molecular weight is 340 g/mol. The van der Waals surface area contributed by atoms with Crippen molar-refractivity contribution >= 4 is 5.91 Å². The summed E-state index contributed by atoms with van der Waals surface area (Å²) in [7, 11) is 0. The fraction of sp³-hybridized carbons (Fsp3) is 0.500. The third kappa shape index (κ3) is 4.28. The van der Waals surface area contributed by atoms with Gasteiger partial charge in [-0.3, -0.25) is 14.8 Å². The minimum Gasteiger partial charge on any atom is -0.337 e. The molecule has 1 amide bonds. The summed E-state index contributed by atoms with van der Waals surface area (Å²) in [4.78, 5) is 14.8. The third-order valence-electron chi connectivity index (χ3n) is 4.85. The molecule has 2 aromatic rings. The molecule has 2 heterocycles. The molecular weight excluding hydrogens is 312 g/mol. The number of amides is 1. The van der Waals surface area contributed by atoms with Gasteiger partial charge >= 0.3 is 0 Å². The van der Waals surface area contributed by atoms with Gasteiger partial charge in [-0.2, -0.15) is 5.10 Å². The van der Waals surface area contributed by atoms with E-state index in [9.17, 15) is 4.79 Å². The molecule has 2 atom stereocenters. The largest absolute Gasteiger partial charge is 0.337 e. The molecular formula is C20H28N4O. The molecule has 3 rings (SSSR count). The van der Waals surface area contributed by atoms with E-state index in [2.05, 4.69) is 49.5 Å². The molecule has 25 heavy (non-hydrogen) atoms. The number of nitrogens with one attached hydrogen (secondary N) is 1. The Morgan fingerprint density at radius 3 is 2.68 bits per heavy atom. The highest BCUT2D eigenvalue weighted by Crippen LogP contribution is 2.20. The van der Waals surface area contributed by atoms with E-state index in [1.807, 2.05) is 34.0 Å². The van der Waals surface area contributed by atoms with E-state index < -0.39 is 0 Å². The van der Waals surface area contributed by atoms with E-state index in [0.717, 1.165) is 24.9 Å². The van der Waals surface area contributed by atoms with Gasteiger partial charge in [-0.05, 0) is 39.2 Å². The molecule has 0 bridgehead atoms. The summed E-state index contributed by atoms with van der Waals surface area (Å²) in [5.74, 6) is 0.207. The summed E-state index contributed by atoms with van der Waals surface area (Å²) in [5.41, 5.74) is 2.31. The van der Waals surface area contributed by atoms with Crippen LogP contribution in [0.1, 0.15) is 56.8 Å². The third-order valence-corrected chi connectivity index (χ3v) is 4.85. The lowest BCUT2D eigenvalue weighted by Crippen LogP contribution is -2.50. The number of carbonyl (C=O) groups excluding carboxylic acids is 1. The van der Waals surface area contributed by atoms with Gasteiger partial charge in [0.15, 0.2) is 0 Å². The molecule has 1 aromatic carbocycles. The van der Waals surface area contributed by atoms with Crippen LogP contribution in [0, 0.1) is 0 Å². The van der Waals surface area contributed by atoms with Crippen LogP contribution in [0.15, 0.2) is 42.7 Å². The highest BCUT2D eigenvalue weighted by atomic mass is 16.2. The van der Waals surface area contributed by atoms with Gasteiger partial charge < -0.3 is 4.90 Å². The standard InChI is InChI=1S/C20H28N4O/c1-15(2)24-14-18(12-21-24)16(3)22-19-10-7-11-23(20(19)25)13-17-8-5-4-6-9-17/h4-6,8-9,12,14-16,19,22H,7,10-11,13H2,1-3H3/t16-,19-/m1/s1. The van der Waals surface area contributed by atoms with Crippen LogP contribution in [0.4, 0.5) is 0 Å². The maximum Gasteiger partial charge on any atom is 0.240 e. The van der Waals surface area contributed by atoms with Crippen molar-refractivity contribution in [2.24, 2.45) is 0 Å². The Hall–Kier alpha value is -2.14. The van der Waals surface area contributed by atoms with Crippen molar-refractivity contribution in [1.82, 2.24) is 20.0 Å². The zero-order chi connectivity index (χ0) is 17.8. The number of aromatic nitrogens is 2. The van der Waals surface area contributed by atoms with E-state index in [1.54, 1.807) is 0 Å². The van der Waals surface area contributed by atoms with Gasteiger partial charge in [0.1, 0.15) is 0 Å². The van der Waals surface area contributed by atoms with Gasteiger partial charge in [-0.1, -0.05) is 30.3 Å².